The summed E-state index contributed by atoms with van der Waals surface area (Å²) >= 11 is 0. The molecule has 0 unspecified atom stereocenters. The summed E-state index contributed by atoms with van der Waals surface area (Å²) in [5, 5.41) is 3.03. The van der Waals surface area contributed by atoms with Gasteiger partial charge in [-0.3, -0.25) is 4.79 Å². The van der Waals surface area contributed by atoms with Crippen LogP contribution in [-0.2, 0) is 4.79 Å². The Morgan fingerprint density at radius 1 is 1.33 bits per heavy atom. The van der Waals surface area contributed by atoms with Crippen molar-refractivity contribution >= 4 is 5.91 Å². The Balaban J connectivity index is 2.08. The first-order chi connectivity index (χ1) is 10.1. The van der Waals surface area contributed by atoms with Gasteiger partial charge in [-0.15, -0.1) is 0 Å². The zero-order valence-corrected chi connectivity index (χ0v) is 12.7. The molecular formula is C17H25FN2O. The second-order valence-corrected chi connectivity index (χ2v) is 6.15. The Bertz CT molecular complexity index is 481. The number of carbonyl (C=O) groups is 1. The first-order valence-electron chi connectivity index (χ1n) is 7.84. The molecule has 4 heteroatoms. The van der Waals surface area contributed by atoms with Crippen LogP contribution in [-0.4, -0.2) is 12.5 Å². The molecule has 3 N–H and O–H groups in total. The third-order valence-electron chi connectivity index (χ3n) is 4.63. The van der Waals surface area contributed by atoms with E-state index in [0.717, 1.165) is 31.2 Å². The first-order valence-corrected chi connectivity index (χ1v) is 7.84. The van der Waals surface area contributed by atoms with Gasteiger partial charge in [0.05, 0.1) is 11.5 Å². The summed E-state index contributed by atoms with van der Waals surface area (Å²) in [6.45, 7) is 2.27. The standard InChI is InChI=1S/C17H25FN2O/c1-13(14-7-6-8-15(18)11-14)20-16(21)17(12-19)9-4-2-3-5-10-17/h6-8,11,13H,2-5,9-10,12,19H2,1H3,(H,20,21)/t13-/m0/s1. The molecule has 21 heavy (non-hydrogen) atoms. The van der Waals surface area contributed by atoms with Crippen molar-refractivity contribution in [2.75, 3.05) is 6.54 Å². The van der Waals surface area contributed by atoms with Crippen LogP contribution in [0.5, 0.6) is 0 Å². The summed E-state index contributed by atoms with van der Waals surface area (Å²) in [5.41, 5.74) is 6.26. The molecule has 2 rings (SSSR count). The quantitative estimate of drug-likeness (QED) is 0.837. The molecule has 1 saturated carbocycles. The summed E-state index contributed by atoms with van der Waals surface area (Å²) in [4.78, 5) is 12.7. The largest absolute Gasteiger partial charge is 0.349 e. The molecule has 0 aliphatic heterocycles. The van der Waals surface area contributed by atoms with Crippen molar-refractivity contribution in [1.82, 2.24) is 5.32 Å². The number of amides is 1. The lowest BCUT2D eigenvalue weighted by Crippen LogP contribution is -2.46. The molecule has 116 valence electrons. The average Bonchev–Trinajstić information content (AvgIpc) is 2.73. The Morgan fingerprint density at radius 3 is 2.57 bits per heavy atom. The number of halogens is 1. The normalized spacial score (nSPS) is 19.6. The van der Waals surface area contributed by atoms with Crippen molar-refractivity contribution in [3.63, 3.8) is 0 Å². The van der Waals surface area contributed by atoms with Crippen molar-refractivity contribution < 1.29 is 9.18 Å². The van der Waals surface area contributed by atoms with E-state index in [1.807, 2.05) is 13.0 Å². The van der Waals surface area contributed by atoms with Gasteiger partial charge in [0.2, 0.25) is 5.91 Å². The number of hydrogen-bond acceptors (Lipinski definition) is 2. The van der Waals surface area contributed by atoms with Crippen LogP contribution in [0.2, 0.25) is 0 Å². The van der Waals surface area contributed by atoms with E-state index in [1.165, 1.54) is 25.0 Å². The highest BCUT2D eigenvalue weighted by Crippen LogP contribution is 2.35. The lowest BCUT2D eigenvalue weighted by molar-refractivity contribution is -0.132. The van der Waals surface area contributed by atoms with Gasteiger partial charge in [0.15, 0.2) is 0 Å². The molecule has 1 aliphatic carbocycles. The van der Waals surface area contributed by atoms with Crippen molar-refractivity contribution in [1.29, 1.82) is 0 Å². The molecule has 0 heterocycles. The number of nitrogens with two attached hydrogens (primary N) is 1. The molecule has 1 fully saturated rings. The smallest absolute Gasteiger partial charge is 0.227 e. The van der Waals surface area contributed by atoms with Crippen LogP contribution in [0.3, 0.4) is 0 Å². The van der Waals surface area contributed by atoms with E-state index in [1.54, 1.807) is 6.07 Å². The topological polar surface area (TPSA) is 55.1 Å². The van der Waals surface area contributed by atoms with E-state index in [-0.39, 0.29) is 17.8 Å². The fraction of sp³-hybridized carbons (Fsp3) is 0.588. The molecule has 0 radical (unpaired) electrons. The summed E-state index contributed by atoms with van der Waals surface area (Å²) in [6.07, 6.45) is 6.16. The highest BCUT2D eigenvalue weighted by Gasteiger charge is 2.37. The summed E-state index contributed by atoms with van der Waals surface area (Å²) < 4.78 is 13.3. The van der Waals surface area contributed by atoms with Crippen LogP contribution >= 0.6 is 0 Å². The van der Waals surface area contributed by atoms with Crippen LogP contribution in [0.25, 0.3) is 0 Å². The molecule has 0 aromatic heterocycles. The molecule has 0 spiro atoms. The van der Waals surface area contributed by atoms with Gasteiger partial charge in [-0.25, -0.2) is 4.39 Å². The fourth-order valence-electron chi connectivity index (χ4n) is 3.14. The van der Waals surface area contributed by atoms with Crippen LogP contribution in [0.4, 0.5) is 4.39 Å². The minimum Gasteiger partial charge on any atom is -0.349 e. The van der Waals surface area contributed by atoms with Gasteiger partial charge < -0.3 is 11.1 Å². The number of nitrogens with one attached hydrogen (secondary N) is 1. The Labute approximate surface area is 126 Å². The van der Waals surface area contributed by atoms with Crippen LogP contribution < -0.4 is 11.1 Å². The summed E-state index contributed by atoms with van der Waals surface area (Å²) in [6, 6.07) is 6.16. The third-order valence-corrected chi connectivity index (χ3v) is 4.63. The maximum Gasteiger partial charge on any atom is 0.227 e. The summed E-state index contributed by atoms with van der Waals surface area (Å²) in [5.74, 6) is -0.264. The average molecular weight is 292 g/mol. The molecule has 3 nitrogen and oxygen atoms in total. The maximum atomic E-state index is 13.3. The molecule has 1 aromatic carbocycles. The minimum atomic E-state index is -0.446. The predicted octanol–water partition coefficient (Wildman–Crippen LogP) is 3.30. The number of carbonyl (C=O) groups excluding carboxylic acids is 1. The number of benzene rings is 1. The van der Waals surface area contributed by atoms with E-state index in [2.05, 4.69) is 5.32 Å². The van der Waals surface area contributed by atoms with E-state index in [0.29, 0.717) is 6.54 Å². The summed E-state index contributed by atoms with van der Waals surface area (Å²) in [7, 11) is 0. The maximum absolute atomic E-state index is 13.3. The van der Waals surface area contributed by atoms with Crippen molar-refractivity contribution in [2.24, 2.45) is 11.1 Å². The Hall–Kier alpha value is -1.42. The van der Waals surface area contributed by atoms with Gasteiger partial charge >= 0.3 is 0 Å². The van der Waals surface area contributed by atoms with Gasteiger partial charge in [0.1, 0.15) is 5.82 Å². The second kappa shape index (κ2) is 7.03. The monoisotopic (exact) mass is 292 g/mol. The van der Waals surface area contributed by atoms with Crippen LogP contribution in [0.15, 0.2) is 24.3 Å². The lowest BCUT2D eigenvalue weighted by atomic mass is 9.79. The van der Waals surface area contributed by atoms with Gasteiger partial charge in [0, 0.05) is 6.54 Å². The first kappa shape index (κ1) is 16.0. The third kappa shape index (κ3) is 3.82. The van der Waals surface area contributed by atoms with Crippen molar-refractivity contribution in [2.45, 2.75) is 51.5 Å². The second-order valence-electron chi connectivity index (χ2n) is 6.15. The number of rotatable bonds is 4. The Kier molecular flexibility index (Phi) is 5.34. The molecule has 1 atom stereocenters. The van der Waals surface area contributed by atoms with E-state index in [4.69, 9.17) is 5.73 Å². The molecule has 1 amide bonds. The van der Waals surface area contributed by atoms with E-state index < -0.39 is 5.41 Å². The molecular weight excluding hydrogens is 267 g/mol. The van der Waals surface area contributed by atoms with E-state index >= 15 is 0 Å². The van der Waals surface area contributed by atoms with Crippen molar-refractivity contribution in [3.05, 3.63) is 35.6 Å². The van der Waals surface area contributed by atoms with Gasteiger partial charge in [0.25, 0.3) is 0 Å². The Morgan fingerprint density at radius 2 is 2.00 bits per heavy atom. The minimum absolute atomic E-state index is 0.0173. The molecule has 1 aliphatic rings. The highest BCUT2D eigenvalue weighted by atomic mass is 19.1. The molecule has 1 aromatic rings. The van der Waals surface area contributed by atoms with Gasteiger partial charge in [-0.05, 0) is 37.5 Å². The lowest BCUT2D eigenvalue weighted by Gasteiger charge is -2.31. The van der Waals surface area contributed by atoms with Crippen LogP contribution in [0, 0.1) is 11.2 Å². The fourth-order valence-corrected chi connectivity index (χ4v) is 3.14. The van der Waals surface area contributed by atoms with Gasteiger partial charge in [-0.2, -0.15) is 0 Å². The van der Waals surface area contributed by atoms with E-state index in [9.17, 15) is 9.18 Å². The SMILES string of the molecule is C[C@H](NC(=O)C1(CN)CCCCCC1)c1cccc(F)c1. The highest BCUT2D eigenvalue weighted by molar-refractivity contribution is 5.83. The van der Waals surface area contributed by atoms with Crippen LogP contribution in [0.1, 0.15) is 57.1 Å². The van der Waals surface area contributed by atoms with Crippen molar-refractivity contribution in [3.8, 4) is 0 Å². The zero-order valence-electron chi connectivity index (χ0n) is 12.7. The molecule has 0 bridgehead atoms. The number of hydrogen-bond donors (Lipinski definition) is 2. The van der Waals surface area contributed by atoms with Gasteiger partial charge in [-0.1, -0.05) is 37.8 Å². The predicted molar refractivity (Wildman–Crippen MR) is 82.1 cm³/mol. The molecule has 0 saturated heterocycles. The zero-order chi connectivity index (χ0) is 15.3.